The van der Waals surface area contributed by atoms with Crippen LogP contribution in [0.5, 0.6) is 11.5 Å². The molecule has 2 rings (SSSR count). The predicted octanol–water partition coefficient (Wildman–Crippen LogP) is 3.48. The third-order valence-corrected chi connectivity index (χ3v) is 4.04. The molecule has 0 spiro atoms. The summed E-state index contributed by atoms with van der Waals surface area (Å²) in [5.74, 6) is -0.154. The fourth-order valence-corrected chi connectivity index (χ4v) is 2.68. The van der Waals surface area contributed by atoms with Crippen LogP contribution in [0.2, 0.25) is 0 Å². The first-order valence-corrected chi connectivity index (χ1v) is 9.03. The van der Waals surface area contributed by atoms with Gasteiger partial charge in [-0.1, -0.05) is 0 Å². The molecule has 0 unspecified atom stereocenters. The number of carbonyl (C=O) groups excluding carboxylic acids is 2. The molecule has 0 heterocycles. The lowest BCUT2D eigenvalue weighted by Gasteiger charge is -2.16. The van der Waals surface area contributed by atoms with Gasteiger partial charge in [-0.15, -0.1) is 0 Å². The molecule has 0 bridgehead atoms. The lowest BCUT2D eigenvalue weighted by atomic mass is 10.1. The minimum Gasteiger partial charge on any atom is -0.493 e. The molecule has 29 heavy (non-hydrogen) atoms. The molecule has 0 saturated carbocycles. The van der Waals surface area contributed by atoms with Gasteiger partial charge in [0, 0.05) is 17.8 Å². The molecular formula is C20H22N2O6S. The van der Waals surface area contributed by atoms with E-state index in [1.165, 1.54) is 27.4 Å². The van der Waals surface area contributed by atoms with Crippen LogP contribution in [0.15, 0.2) is 36.4 Å². The van der Waals surface area contributed by atoms with Crippen LogP contribution in [0.4, 0.5) is 11.4 Å². The van der Waals surface area contributed by atoms with Crippen LogP contribution in [0, 0.1) is 0 Å². The normalized spacial score (nSPS) is 9.93. The van der Waals surface area contributed by atoms with Crippen LogP contribution in [0.1, 0.15) is 27.6 Å². The third-order valence-electron chi connectivity index (χ3n) is 3.83. The largest absolute Gasteiger partial charge is 0.493 e. The molecule has 2 aromatic carbocycles. The van der Waals surface area contributed by atoms with Crippen molar-refractivity contribution >= 4 is 40.6 Å². The van der Waals surface area contributed by atoms with Crippen LogP contribution in [-0.2, 0) is 9.47 Å². The maximum absolute atomic E-state index is 12.1. The molecule has 154 valence electrons. The summed E-state index contributed by atoms with van der Waals surface area (Å²) in [5, 5.41) is 6.16. The second-order valence-corrected chi connectivity index (χ2v) is 6.03. The first-order valence-electron chi connectivity index (χ1n) is 8.63. The number of nitrogens with one attached hydrogen (secondary N) is 2. The van der Waals surface area contributed by atoms with Gasteiger partial charge in [0.1, 0.15) is 0 Å². The number of benzene rings is 2. The highest BCUT2D eigenvalue weighted by Crippen LogP contribution is 2.33. The van der Waals surface area contributed by atoms with Gasteiger partial charge in [-0.3, -0.25) is 0 Å². The number of hydrogen-bond acceptors (Lipinski definition) is 7. The van der Waals surface area contributed by atoms with Crippen molar-refractivity contribution in [3.05, 3.63) is 47.5 Å². The lowest BCUT2D eigenvalue weighted by molar-refractivity contribution is 0.0525. The molecule has 0 aliphatic carbocycles. The Kier molecular flexibility index (Phi) is 7.79. The summed E-state index contributed by atoms with van der Waals surface area (Å²) in [7, 11) is 4.24. The number of ether oxygens (including phenoxy) is 4. The minimum atomic E-state index is -0.560. The van der Waals surface area contributed by atoms with E-state index in [0.29, 0.717) is 35.0 Å². The van der Waals surface area contributed by atoms with Gasteiger partial charge in [-0.05, 0) is 43.4 Å². The number of thiocarbonyl (C=S) groups is 1. The van der Waals surface area contributed by atoms with Crippen LogP contribution in [-0.4, -0.2) is 45.0 Å². The first-order chi connectivity index (χ1) is 13.9. The molecule has 2 aromatic rings. The summed E-state index contributed by atoms with van der Waals surface area (Å²) >= 11 is 5.33. The fourth-order valence-electron chi connectivity index (χ4n) is 2.45. The molecular weight excluding hydrogens is 396 g/mol. The van der Waals surface area contributed by atoms with Crippen LogP contribution in [0.3, 0.4) is 0 Å². The molecule has 8 nitrogen and oxygen atoms in total. The van der Waals surface area contributed by atoms with Crippen LogP contribution in [0.25, 0.3) is 0 Å². The van der Waals surface area contributed by atoms with Crippen molar-refractivity contribution in [1.82, 2.24) is 0 Å². The lowest BCUT2D eigenvalue weighted by Crippen LogP contribution is -2.21. The van der Waals surface area contributed by atoms with E-state index in [2.05, 4.69) is 10.6 Å². The molecule has 0 aliphatic rings. The van der Waals surface area contributed by atoms with Crippen molar-refractivity contribution in [2.75, 3.05) is 38.6 Å². The topological polar surface area (TPSA) is 95.1 Å². The summed E-state index contributed by atoms with van der Waals surface area (Å²) < 4.78 is 20.3. The van der Waals surface area contributed by atoms with Crippen molar-refractivity contribution in [2.45, 2.75) is 6.92 Å². The summed E-state index contributed by atoms with van der Waals surface area (Å²) in [5.41, 5.74) is 1.70. The molecule has 0 aromatic heterocycles. The zero-order valence-corrected chi connectivity index (χ0v) is 17.3. The number of anilines is 2. The van der Waals surface area contributed by atoms with Crippen molar-refractivity contribution < 1.29 is 28.5 Å². The Morgan fingerprint density at radius 1 is 0.931 bits per heavy atom. The Morgan fingerprint density at radius 2 is 1.55 bits per heavy atom. The smallest absolute Gasteiger partial charge is 0.340 e. The quantitative estimate of drug-likeness (QED) is 0.517. The maximum atomic E-state index is 12.1. The predicted molar refractivity (Wildman–Crippen MR) is 113 cm³/mol. The van der Waals surface area contributed by atoms with Gasteiger partial charge in [0.2, 0.25) is 0 Å². The van der Waals surface area contributed by atoms with Gasteiger partial charge in [0.15, 0.2) is 16.6 Å². The molecule has 2 N–H and O–H groups in total. The average molecular weight is 418 g/mol. The van der Waals surface area contributed by atoms with E-state index in [1.54, 1.807) is 37.3 Å². The highest BCUT2D eigenvalue weighted by Gasteiger charge is 2.18. The first kappa shape index (κ1) is 22.0. The highest BCUT2D eigenvalue weighted by molar-refractivity contribution is 7.80. The Bertz CT molecular complexity index is 899. The van der Waals surface area contributed by atoms with E-state index < -0.39 is 11.9 Å². The van der Waals surface area contributed by atoms with Gasteiger partial charge < -0.3 is 29.6 Å². The number of carbonyl (C=O) groups is 2. The van der Waals surface area contributed by atoms with Crippen molar-refractivity contribution in [3.63, 3.8) is 0 Å². The molecule has 0 aliphatic heterocycles. The Morgan fingerprint density at radius 3 is 2.10 bits per heavy atom. The summed E-state index contributed by atoms with van der Waals surface area (Å²) in [6.45, 7) is 2.05. The zero-order chi connectivity index (χ0) is 21.4. The van der Waals surface area contributed by atoms with E-state index in [0.717, 1.165) is 0 Å². The van der Waals surface area contributed by atoms with E-state index in [4.69, 9.17) is 31.2 Å². The number of esters is 2. The maximum Gasteiger partial charge on any atom is 0.340 e. The molecule has 0 atom stereocenters. The van der Waals surface area contributed by atoms with Crippen LogP contribution >= 0.6 is 12.2 Å². The van der Waals surface area contributed by atoms with Crippen molar-refractivity contribution in [1.29, 1.82) is 0 Å². The molecule has 0 amide bonds. The Hall–Kier alpha value is -3.33. The molecule has 0 radical (unpaired) electrons. The van der Waals surface area contributed by atoms with E-state index in [9.17, 15) is 9.59 Å². The number of rotatable bonds is 7. The van der Waals surface area contributed by atoms with Gasteiger partial charge in [-0.25, -0.2) is 9.59 Å². The summed E-state index contributed by atoms with van der Waals surface area (Å²) in [4.78, 5) is 23.8. The highest BCUT2D eigenvalue weighted by atomic mass is 32.1. The van der Waals surface area contributed by atoms with E-state index in [-0.39, 0.29) is 10.7 Å². The number of methoxy groups -OCH3 is 3. The van der Waals surface area contributed by atoms with Crippen LogP contribution < -0.4 is 20.1 Å². The SMILES string of the molecule is CCOC(=O)c1ccc(NC(=S)Nc2cc(OC)c(OC)cc2C(=O)OC)cc1. The minimum absolute atomic E-state index is 0.228. The third kappa shape index (κ3) is 5.58. The summed E-state index contributed by atoms with van der Waals surface area (Å²) in [6, 6.07) is 9.72. The monoisotopic (exact) mass is 418 g/mol. The van der Waals surface area contributed by atoms with E-state index in [1.807, 2.05) is 0 Å². The fraction of sp³-hybridized carbons (Fsp3) is 0.250. The van der Waals surface area contributed by atoms with Gasteiger partial charge in [0.25, 0.3) is 0 Å². The second-order valence-electron chi connectivity index (χ2n) is 5.62. The summed E-state index contributed by atoms with van der Waals surface area (Å²) in [6.07, 6.45) is 0. The average Bonchev–Trinajstić information content (AvgIpc) is 2.73. The Balaban J connectivity index is 2.19. The molecule has 9 heteroatoms. The Labute approximate surface area is 174 Å². The second kappa shape index (κ2) is 10.3. The molecule has 0 fully saturated rings. The van der Waals surface area contributed by atoms with Gasteiger partial charge in [-0.2, -0.15) is 0 Å². The standard InChI is InChI=1S/C20H22N2O6S/c1-5-28-18(23)12-6-8-13(9-7-12)21-20(29)22-15-11-17(26-3)16(25-2)10-14(15)19(24)27-4/h6-11H,5H2,1-4H3,(H2,21,22,29). The molecule has 0 saturated heterocycles. The zero-order valence-electron chi connectivity index (χ0n) is 16.5. The van der Waals surface area contributed by atoms with Gasteiger partial charge >= 0.3 is 11.9 Å². The van der Waals surface area contributed by atoms with E-state index >= 15 is 0 Å². The van der Waals surface area contributed by atoms with Crippen molar-refractivity contribution in [3.8, 4) is 11.5 Å². The van der Waals surface area contributed by atoms with Crippen molar-refractivity contribution in [2.24, 2.45) is 0 Å². The van der Waals surface area contributed by atoms with Gasteiger partial charge in [0.05, 0.1) is 44.8 Å². The number of hydrogen-bond donors (Lipinski definition) is 2.